The van der Waals surface area contributed by atoms with Crippen LogP contribution in [0, 0.1) is 5.92 Å². The van der Waals surface area contributed by atoms with E-state index in [4.69, 9.17) is 0 Å². The highest BCUT2D eigenvalue weighted by atomic mass is 127. The summed E-state index contributed by atoms with van der Waals surface area (Å²) in [6.07, 6.45) is 7.80. The van der Waals surface area contributed by atoms with E-state index in [0.29, 0.717) is 5.41 Å². The smallest absolute Gasteiger partial charge is 0.191 e. The van der Waals surface area contributed by atoms with Crippen LogP contribution in [0.5, 0.6) is 0 Å². The van der Waals surface area contributed by atoms with Gasteiger partial charge in [0.1, 0.15) is 0 Å². The standard InChI is InChI=1S/C21H34N4.HI/c1-22-20(23-14-9-18-10-15-25(2)16-11-18)24-17-21(12-6-13-21)19-7-4-3-5-8-19;/h3-5,7-8,18H,6,9-17H2,1-2H3,(H2,22,23,24);1H. The Labute approximate surface area is 176 Å². The first-order valence-electron chi connectivity index (χ1n) is 9.90. The van der Waals surface area contributed by atoms with Crippen molar-refractivity contribution >= 4 is 29.9 Å². The fourth-order valence-electron chi connectivity index (χ4n) is 4.18. The van der Waals surface area contributed by atoms with Crippen molar-refractivity contribution in [2.45, 2.75) is 43.9 Å². The largest absolute Gasteiger partial charge is 0.356 e. The molecule has 0 amide bonds. The first kappa shape index (κ1) is 21.5. The number of likely N-dealkylation sites (tertiary alicyclic amines) is 1. The van der Waals surface area contributed by atoms with Crippen molar-refractivity contribution in [2.24, 2.45) is 10.9 Å². The average Bonchev–Trinajstić information content (AvgIpc) is 2.62. The van der Waals surface area contributed by atoms with Gasteiger partial charge in [0, 0.05) is 25.6 Å². The molecule has 1 aromatic rings. The molecular weight excluding hydrogens is 435 g/mol. The van der Waals surface area contributed by atoms with E-state index in [1.807, 2.05) is 7.05 Å². The molecule has 1 aliphatic heterocycles. The summed E-state index contributed by atoms with van der Waals surface area (Å²) in [6, 6.07) is 11.0. The third kappa shape index (κ3) is 5.59. The highest BCUT2D eigenvalue weighted by Gasteiger charge is 2.38. The summed E-state index contributed by atoms with van der Waals surface area (Å²) in [5.74, 6) is 1.82. The lowest BCUT2D eigenvalue weighted by Crippen LogP contribution is -2.49. The predicted octanol–water partition coefficient (Wildman–Crippen LogP) is 3.62. The second kappa shape index (κ2) is 10.5. The third-order valence-corrected chi connectivity index (χ3v) is 6.20. The highest BCUT2D eigenvalue weighted by molar-refractivity contribution is 14.0. The fraction of sp³-hybridized carbons (Fsp3) is 0.667. The highest BCUT2D eigenvalue weighted by Crippen LogP contribution is 2.43. The van der Waals surface area contributed by atoms with E-state index >= 15 is 0 Å². The molecule has 2 fully saturated rings. The molecule has 0 atom stereocenters. The number of piperidine rings is 1. The first-order valence-corrected chi connectivity index (χ1v) is 9.90. The van der Waals surface area contributed by atoms with E-state index in [0.717, 1.165) is 25.0 Å². The van der Waals surface area contributed by atoms with Crippen LogP contribution in [0.15, 0.2) is 35.3 Å². The number of hydrogen-bond donors (Lipinski definition) is 2. The van der Waals surface area contributed by atoms with Crippen LogP contribution in [0.4, 0.5) is 0 Å². The summed E-state index contributed by atoms with van der Waals surface area (Å²) < 4.78 is 0. The molecule has 5 heteroatoms. The summed E-state index contributed by atoms with van der Waals surface area (Å²) in [6.45, 7) is 4.49. The molecule has 4 nitrogen and oxygen atoms in total. The lowest BCUT2D eigenvalue weighted by atomic mass is 9.64. The van der Waals surface area contributed by atoms with Crippen LogP contribution in [0.2, 0.25) is 0 Å². The summed E-state index contributed by atoms with van der Waals surface area (Å²) in [5.41, 5.74) is 1.77. The van der Waals surface area contributed by atoms with Gasteiger partial charge in [0.05, 0.1) is 0 Å². The lowest BCUT2D eigenvalue weighted by molar-refractivity contribution is 0.213. The summed E-state index contributed by atoms with van der Waals surface area (Å²) in [5, 5.41) is 7.11. The summed E-state index contributed by atoms with van der Waals surface area (Å²) >= 11 is 0. The van der Waals surface area contributed by atoms with E-state index < -0.39 is 0 Å². The summed E-state index contributed by atoms with van der Waals surface area (Å²) in [4.78, 5) is 6.86. The van der Waals surface area contributed by atoms with Gasteiger partial charge in [-0.2, -0.15) is 0 Å². The number of aliphatic imine (C=N–C) groups is 1. The van der Waals surface area contributed by atoms with Crippen molar-refractivity contribution in [1.29, 1.82) is 0 Å². The van der Waals surface area contributed by atoms with Crippen molar-refractivity contribution in [3.05, 3.63) is 35.9 Å². The second-order valence-corrected chi connectivity index (χ2v) is 7.89. The molecular formula is C21H35IN4. The Balaban J connectivity index is 0.00000243. The number of halogens is 1. The molecule has 2 aliphatic rings. The quantitative estimate of drug-likeness (QED) is 0.379. The van der Waals surface area contributed by atoms with Gasteiger partial charge in [0.2, 0.25) is 0 Å². The summed E-state index contributed by atoms with van der Waals surface area (Å²) in [7, 11) is 4.10. The van der Waals surface area contributed by atoms with Crippen LogP contribution in [0.3, 0.4) is 0 Å². The van der Waals surface area contributed by atoms with Gasteiger partial charge in [-0.15, -0.1) is 24.0 Å². The maximum absolute atomic E-state index is 4.42. The van der Waals surface area contributed by atoms with Gasteiger partial charge in [-0.25, -0.2) is 0 Å². The minimum atomic E-state index is 0. The van der Waals surface area contributed by atoms with Gasteiger partial charge in [0.25, 0.3) is 0 Å². The zero-order valence-corrected chi connectivity index (χ0v) is 18.7. The van der Waals surface area contributed by atoms with Crippen LogP contribution in [0.25, 0.3) is 0 Å². The first-order chi connectivity index (χ1) is 12.2. The van der Waals surface area contributed by atoms with Crippen molar-refractivity contribution in [2.75, 3.05) is 40.3 Å². The molecule has 0 spiro atoms. The van der Waals surface area contributed by atoms with E-state index in [9.17, 15) is 0 Å². The molecule has 1 aliphatic carbocycles. The van der Waals surface area contributed by atoms with Gasteiger partial charge in [-0.05, 0) is 63.7 Å². The van der Waals surface area contributed by atoms with Gasteiger partial charge in [0.15, 0.2) is 5.96 Å². The van der Waals surface area contributed by atoms with Gasteiger partial charge in [-0.3, -0.25) is 4.99 Å². The maximum atomic E-state index is 4.42. The molecule has 1 aromatic carbocycles. The van der Waals surface area contributed by atoms with Crippen molar-refractivity contribution < 1.29 is 0 Å². The number of hydrogen-bond acceptors (Lipinski definition) is 2. The minimum absolute atomic E-state index is 0. The van der Waals surface area contributed by atoms with E-state index in [-0.39, 0.29) is 24.0 Å². The SMILES string of the molecule is CN=C(NCCC1CCN(C)CC1)NCC1(c2ccccc2)CCC1.I. The molecule has 2 N–H and O–H groups in total. The molecule has 26 heavy (non-hydrogen) atoms. The predicted molar refractivity (Wildman–Crippen MR) is 122 cm³/mol. The fourth-order valence-corrected chi connectivity index (χ4v) is 4.18. The Morgan fingerprint density at radius 3 is 2.42 bits per heavy atom. The number of rotatable bonds is 6. The van der Waals surface area contributed by atoms with Gasteiger partial charge < -0.3 is 15.5 Å². The number of nitrogens with zero attached hydrogens (tertiary/aromatic N) is 2. The molecule has 0 bridgehead atoms. The lowest BCUT2D eigenvalue weighted by Gasteiger charge is -2.43. The maximum Gasteiger partial charge on any atom is 0.191 e. The van der Waals surface area contributed by atoms with E-state index in [1.54, 1.807) is 0 Å². The van der Waals surface area contributed by atoms with Crippen LogP contribution in [0.1, 0.15) is 44.1 Å². The molecule has 3 rings (SSSR count). The number of benzene rings is 1. The normalized spacial score (nSPS) is 20.8. The van der Waals surface area contributed by atoms with Crippen LogP contribution in [-0.2, 0) is 5.41 Å². The molecule has 1 saturated carbocycles. The van der Waals surface area contributed by atoms with E-state index in [2.05, 4.69) is 57.9 Å². The monoisotopic (exact) mass is 470 g/mol. The Morgan fingerprint density at radius 2 is 1.85 bits per heavy atom. The molecule has 146 valence electrons. The number of guanidine groups is 1. The molecule has 0 aromatic heterocycles. The van der Waals surface area contributed by atoms with Crippen molar-refractivity contribution in [3.8, 4) is 0 Å². The zero-order valence-electron chi connectivity index (χ0n) is 16.3. The van der Waals surface area contributed by atoms with Crippen LogP contribution < -0.4 is 10.6 Å². The zero-order chi connectivity index (χ0) is 17.5. The number of nitrogens with one attached hydrogen (secondary N) is 2. The van der Waals surface area contributed by atoms with Crippen LogP contribution in [-0.4, -0.2) is 51.1 Å². The van der Waals surface area contributed by atoms with Crippen molar-refractivity contribution in [3.63, 3.8) is 0 Å². The Morgan fingerprint density at radius 1 is 1.15 bits per heavy atom. The molecule has 1 heterocycles. The second-order valence-electron chi connectivity index (χ2n) is 7.89. The Hall–Kier alpha value is -0.820. The molecule has 0 radical (unpaired) electrons. The van der Waals surface area contributed by atoms with Gasteiger partial charge >= 0.3 is 0 Å². The third-order valence-electron chi connectivity index (χ3n) is 6.20. The topological polar surface area (TPSA) is 39.7 Å². The van der Waals surface area contributed by atoms with E-state index in [1.165, 1.54) is 57.2 Å². The Kier molecular flexibility index (Phi) is 8.67. The van der Waals surface area contributed by atoms with Crippen LogP contribution >= 0.6 is 24.0 Å². The van der Waals surface area contributed by atoms with Gasteiger partial charge in [-0.1, -0.05) is 36.8 Å². The minimum Gasteiger partial charge on any atom is -0.356 e. The van der Waals surface area contributed by atoms with Crippen molar-refractivity contribution in [1.82, 2.24) is 15.5 Å². The average molecular weight is 470 g/mol. The molecule has 1 saturated heterocycles. The molecule has 0 unspecified atom stereocenters. The Bertz CT molecular complexity index is 548.